The second-order valence-electron chi connectivity index (χ2n) is 7.80. The highest BCUT2D eigenvalue weighted by Crippen LogP contribution is 2.25. The Morgan fingerprint density at radius 1 is 0.852 bits per heavy atom. The number of hydrogen-bond acceptors (Lipinski definition) is 2. The molecule has 0 radical (unpaired) electrons. The highest BCUT2D eigenvalue weighted by molar-refractivity contribution is 5.70. The third-order valence-electron chi connectivity index (χ3n) is 5.80. The van der Waals surface area contributed by atoms with Gasteiger partial charge in [-0.1, -0.05) is 60.7 Å². The van der Waals surface area contributed by atoms with Crippen molar-refractivity contribution in [1.82, 2.24) is 5.32 Å². The van der Waals surface area contributed by atoms with Crippen molar-refractivity contribution in [3.8, 4) is 0 Å². The summed E-state index contributed by atoms with van der Waals surface area (Å²) in [4.78, 5) is 11.2. The standard InChI is InChI=1S/C24H31NO2/c26-24(27)21-13-17-23(18-14-21)25-22(15-11-19-7-3-1-4-8-19)16-12-20-9-5-2-6-10-20/h1-10,21-23,25H,11-18H2,(H,26,27). The number of hydrogen-bond donors (Lipinski definition) is 2. The molecule has 0 aromatic heterocycles. The van der Waals surface area contributed by atoms with Crippen molar-refractivity contribution in [1.29, 1.82) is 0 Å². The van der Waals surface area contributed by atoms with Crippen molar-refractivity contribution in [2.45, 2.75) is 63.5 Å². The number of carboxylic acid groups (broad SMARTS) is 1. The van der Waals surface area contributed by atoms with Gasteiger partial charge in [0.2, 0.25) is 0 Å². The Hall–Kier alpha value is -2.13. The first kappa shape index (κ1) is 19.6. The maximum absolute atomic E-state index is 11.2. The van der Waals surface area contributed by atoms with Crippen molar-refractivity contribution >= 4 is 5.97 Å². The quantitative estimate of drug-likeness (QED) is 0.667. The van der Waals surface area contributed by atoms with Gasteiger partial charge in [0.1, 0.15) is 0 Å². The number of aliphatic carboxylic acids is 1. The van der Waals surface area contributed by atoms with Crippen LogP contribution in [0.4, 0.5) is 0 Å². The molecule has 0 atom stereocenters. The zero-order valence-corrected chi connectivity index (χ0v) is 16.0. The number of benzene rings is 2. The summed E-state index contributed by atoms with van der Waals surface area (Å²) in [6.45, 7) is 0. The Morgan fingerprint density at radius 3 is 1.78 bits per heavy atom. The molecule has 1 fully saturated rings. The van der Waals surface area contributed by atoms with Crippen LogP contribution in [0.15, 0.2) is 60.7 Å². The number of carboxylic acids is 1. The number of rotatable bonds is 9. The zero-order valence-electron chi connectivity index (χ0n) is 16.0. The lowest BCUT2D eigenvalue weighted by Crippen LogP contribution is -2.41. The molecule has 1 aliphatic rings. The molecule has 3 heteroatoms. The minimum Gasteiger partial charge on any atom is -0.481 e. The second-order valence-corrected chi connectivity index (χ2v) is 7.80. The predicted octanol–water partition coefficient (Wildman–Crippen LogP) is 4.85. The summed E-state index contributed by atoms with van der Waals surface area (Å²) in [7, 11) is 0. The monoisotopic (exact) mass is 365 g/mol. The van der Waals surface area contributed by atoms with Crippen LogP contribution in [0.3, 0.4) is 0 Å². The van der Waals surface area contributed by atoms with Gasteiger partial charge in [-0.25, -0.2) is 0 Å². The van der Waals surface area contributed by atoms with E-state index in [1.807, 2.05) is 0 Å². The molecule has 0 unspecified atom stereocenters. The van der Waals surface area contributed by atoms with Crippen LogP contribution in [0.1, 0.15) is 49.7 Å². The molecule has 1 aliphatic carbocycles. The summed E-state index contributed by atoms with van der Waals surface area (Å²) in [5, 5.41) is 13.1. The third-order valence-corrected chi connectivity index (χ3v) is 5.80. The summed E-state index contributed by atoms with van der Waals surface area (Å²) in [6.07, 6.45) is 7.96. The van der Waals surface area contributed by atoms with Crippen LogP contribution in [0.25, 0.3) is 0 Å². The Balaban J connectivity index is 1.54. The Labute approximate surface area is 162 Å². The summed E-state index contributed by atoms with van der Waals surface area (Å²) in [5.41, 5.74) is 2.78. The highest BCUT2D eigenvalue weighted by Gasteiger charge is 2.27. The van der Waals surface area contributed by atoms with Crippen LogP contribution in [-0.2, 0) is 17.6 Å². The minimum absolute atomic E-state index is 0.143. The van der Waals surface area contributed by atoms with Gasteiger partial charge in [-0.2, -0.15) is 0 Å². The average Bonchev–Trinajstić information content (AvgIpc) is 2.72. The van der Waals surface area contributed by atoms with Crippen molar-refractivity contribution in [3.63, 3.8) is 0 Å². The molecule has 0 spiro atoms. The van der Waals surface area contributed by atoms with Crippen LogP contribution in [-0.4, -0.2) is 23.2 Å². The molecule has 0 heterocycles. The normalized spacial score (nSPS) is 19.9. The molecule has 1 saturated carbocycles. The van der Waals surface area contributed by atoms with Crippen LogP contribution in [0, 0.1) is 5.92 Å². The average molecular weight is 366 g/mol. The summed E-state index contributed by atoms with van der Waals surface area (Å²) in [5.74, 6) is -0.770. The van der Waals surface area contributed by atoms with Crippen molar-refractivity contribution < 1.29 is 9.90 Å². The van der Waals surface area contributed by atoms with E-state index in [0.29, 0.717) is 12.1 Å². The Kier molecular flexibility index (Phi) is 7.46. The lowest BCUT2D eigenvalue weighted by atomic mass is 9.85. The van der Waals surface area contributed by atoms with Crippen LogP contribution >= 0.6 is 0 Å². The molecule has 0 bridgehead atoms. The highest BCUT2D eigenvalue weighted by atomic mass is 16.4. The van der Waals surface area contributed by atoms with Crippen molar-refractivity contribution in [3.05, 3.63) is 71.8 Å². The fraction of sp³-hybridized carbons (Fsp3) is 0.458. The summed E-state index contributed by atoms with van der Waals surface area (Å²) in [6, 6.07) is 22.3. The zero-order chi connectivity index (χ0) is 18.9. The molecular formula is C24H31NO2. The van der Waals surface area contributed by atoms with Gasteiger partial charge in [-0.3, -0.25) is 4.79 Å². The van der Waals surface area contributed by atoms with E-state index in [9.17, 15) is 9.90 Å². The van der Waals surface area contributed by atoms with Crippen LogP contribution in [0.2, 0.25) is 0 Å². The van der Waals surface area contributed by atoms with Gasteiger partial charge in [0, 0.05) is 12.1 Å². The van der Waals surface area contributed by atoms with E-state index < -0.39 is 5.97 Å². The van der Waals surface area contributed by atoms with E-state index in [0.717, 1.165) is 51.4 Å². The fourth-order valence-corrected chi connectivity index (χ4v) is 4.12. The number of aryl methyl sites for hydroxylation is 2. The number of carbonyl (C=O) groups is 1. The molecule has 3 nitrogen and oxygen atoms in total. The second kappa shape index (κ2) is 10.3. The lowest BCUT2D eigenvalue weighted by molar-refractivity contribution is -0.142. The molecular weight excluding hydrogens is 334 g/mol. The topological polar surface area (TPSA) is 49.3 Å². The van der Waals surface area contributed by atoms with Gasteiger partial charge in [-0.15, -0.1) is 0 Å². The number of nitrogens with one attached hydrogen (secondary N) is 1. The molecule has 0 saturated heterocycles. The maximum Gasteiger partial charge on any atom is 0.306 e. The maximum atomic E-state index is 11.2. The summed E-state index contributed by atoms with van der Waals surface area (Å²) < 4.78 is 0. The van der Waals surface area contributed by atoms with Crippen LogP contribution in [0.5, 0.6) is 0 Å². The molecule has 0 amide bonds. The molecule has 2 aromatic rings. The van der Waals surface area contributed by atoms with E-state index in [2.05, 4.69) is 66.0 Å². The minimum atomic E-state index is -0.627. The molecule has 3 rings (SSSR count). The van der Waals surface area contributed by atoms with E-state index >= 15 is 0 Å². The van der Waals surface area contributed by atoms with Gasteiger partial charge in [-0.05, 0) is 62.5 Å². The van der Waals surface area contributed by atoms with Crippen molar-refractivity contribution in [2.24, 2.45) is 5.92 Å². The first-order chi connectivity index (χ1) is 13.2. The SMILES string of the molecule is O=C(O)C1CCC(NC(CCc2ccccc2)CCc2ccccc2)CC1. The van der Waals surface area contributed by atoms with Gasteiger partial charge in [0.15, 0.2) is 0 Å². The molecule has 2 N–H and O–H groups in total. The lowest BCUT2D eigenvalue weighted by Gasteiger charge is -2.31. The first-order valence-corrected chi connectivity index (χ1v) is 10.3. The molecule has 27 heavy (non-hydrogen) atoms. The van der Waals surface area contributed by atoms with E-state index in [-0.39, 0.29) is 5.92 Å². The van der Waals surface area contributed by atoms with Crippen LogP contribution < -0.4 is 5.32 Å². The Bertz CT molecular complexity index is 635. The van der Waals surface area contributed by atoms with Gasteiger partial charge in [0.25, 0.3) is 0 Å². The fourth-order valence-electron chi connectivity index (χ4n) is 4.12. The largest absolute Gasteiger partial charge is 0.481 e. The molecule has 144 valence electrons. The summed E-state index contributed by atoms with van der Waals surface area (Å²) >= 11 is 0. The molecule has 2 aromatic carbocycles. The van der Waals surface area contributed by atoms with Gasteiger partial charge < -0.3 is 10.4 Å². The van der Waals surface area contributed by atoms with E-state index in [4.69, 9.17) is 0 Å². The van der Waals surface area contributed by atoms with E-state index in [1.165, 1.54) is 11.1 Å². The van der Waals surface area contributed by atoms with Gasteiger partial charge in [0.05, 0.1) is 5.92 Å². The van der Waals surface area contributed by atoms with Gasteiger partial charge >= 0.3 is 5.97 Å². The third kappa shape index (κ3) is 6.51. The Morgan fingerprint density at radius 2 is 1.33 bits per heavy atom. The molecule has 0 aliphatic heterocycles. The smallest absolute Gasteiger partial charge is 0.306 e. The predicted molar refractivity (Wildman–Crippen MR) is 110 cm³/mol. The van der Waals surface area contributed by atoms with Crippen molar-refractivity contribution in [2.75, 3.05) is 0 Å². The first-order valence-electron chi connectivity index (χ1n) is 10.3. The van der Waals surface area contributed by atoms with E-state index in [1.54, 1.807) is 0 Å².